The summed E-state index contributed by atoms with van der Waals surface area (Å²) < 4.78 is 25.5. The van der Waals surface area contributed by atoms with E-state index in [2.05, 4.69) is 10.5 Å². The van der Waals surface area contributed by atoms with Crippen molar-refractivity contribution in [2.45, 2.75) is 41.5 Å². The Balaban J connectivity index is 3.08. The van der Waals surface area contributed by atoms with Crippen LogP contribution in [0.1, 0.15) is 38.8 Å². The van der Waals surface area contributed by atoms with Gasteiger partial charge in [-0.25, -0.2) is 13.8 Å². The maximum atomic E-state index is 12.2. The lowest BCUT2D eigenvalue weighted by Crippen LogP contribution is -2.40. The van der Waals surface area contributed by atoms with Gasteiger partial charge in [-0.05, 0) is 31.9 Å². The highest BCUT2D eigenvalue weighted by molar-refractivity contribution is 7.92. The molecule has 0 aliphatic heterocycles. The van der Waals surface area contributed by atoms with Crippen LogP contribution in [0.3, 0.4) is 0 Å². The number of nitrogens with one attached hydrogen (secondary N) is 1. The molecule has 24 heavy (non-hydrogen) atoms. The first-order valence-corrected chi connectivity index (χ1v) is 9.56. The second kappa shape index (κ2) is 7.34. The van der Waals surface area contributed by atoms with Crippen LogP contribution in [0.4, 0.5) is 5.69 Å². The molecule has 0 spiro atoms. The van der Waals surface area contributed by atoms with Crippen molar-refractivity contribution >= 4 is 27.3 Å². The zero-order valence-electron chi connectivity index (χ0n) is 15.5. The van der Waals surface area contributed by atoms with Gasteiger partial charge in [-0.2, -0.15) is 5.10 Å². The molecule has 0 aromatic heterocycles. The zero-order valence-corrected chi connectivity index (χ0v) is 16.3. The number of carbonyl (C=O) groups is 1. The van der Waals surface area contributed by atoms with E-state index in [-0.39, 0.29) is 12.0 Å². The van der Waals surface area contributed by atoms with Gasteiger partial charge in [-0.1, -0.05) is 39.0 Å². The highest BCUT2D eigenvalue weighted by atomic mass is 32.2. The van der Waals surface area contributed by atoms with Gasteiger partial charge in [0.2, 0.25) is 10.0 Å². The fourth-order valence-corrected chi connectivity index (χ4v) is 3.01. The fraction of sp³-hybridized carbons (Fsp3) is 0.529. The Morgan fingerprint density at radius 3 is 2.12 bits per heavy atom. The smallest absolute Gasteiger partial charge is 0.260 e. The van der Waals surface area contributed by atoms with Gasteiger partial charge in [0.05, 0.1) is 11.9 Å². The largest absolute Gasteiger partial charge is 0.271 e. The molecule has 0 heterocycles. The number of hydrogen-bond acceptors (Lipinski definition) is 4. The Bertz CT molecular complexity index is 727. The van der Waals surface area contributed by atoms with Crippen molar-refractivity contribution in [3.8, 4) is 0 Å². The molecule has 0 radical (unpaired) electrons. The molecule has 0 atom stereocenters. The molecular formula is C17H27N3O3S. The van der Waals surface area contributed by atoms with Gasteiger partial charge in [0.25, 0.3) is 5.91 Å². The maximum Gasteiger partial charge on any atom is 0.260 e. The van der Waals surface area contributed by atoms with Crippen molar-refractivity contribution in [1.82, 2.24) is 5.43 Å². The highest BCUT2D eigenvalue weighted by Gasteiger charge is 2.24. The van der Waals surface area contributed by atoms with Crippen molar-refractivity contribution in [1.29, 1.82) is 0 Å². The van der Waals surface area contributed by atoms with Crippen molar-refractivity contribution in [2.24, 2.45) is 10.5 Å². The number of rotatable bonds is 5. The van der Waals surface area contributed by atoms with Crippen LogP contribution >= 0.6 is 0 Å². The number of aryl methyl sites for hydroxylation is 2. The monoisotopic (exact) mass is 353 g/mol. The molecule has 1 N–H and O–H groups in total. The standard InChI is InChI=1S/C17H27N3O3S/c1-12-9-8-10-13(2)16(12)20(24(7,22)23)11-15(21)19-18-14(3)17(4,5)6/h8-10H,11H2,1-7H3,(H,19,21)/b18-14-. The Morgan fingerprint density at radius 2 is 1.71 bits per heavy atom. The summed E-state index contributed by atoms with van der Waals surface area (Å²) in [4.78, 5) is 12.2. The van der Waals surface area contributed by atoms with Crippen LogP contribution in [0, 0.1) is 19.3 Å². The van der Waals surface area contributed by atoms with Gasteiger partial charge >= 0.3 is 0 Å². The first-order chi connectivity index (χ1) is 10.8. The number of benzene rings is 1. The first kappa shape index (κ1) is 20.2. The molecule has 0 aliphatic rings. The van der Waals surface area contributed by atoms with Crippen LogP contribution in [0.25, 0.3) is 0 Å². The topological polar surface area (TPSA) is 78.8 Å². The van der Waals surface area contributed by atoms with Gasteiger partial charge in [0.1, 0.15) is 6.54 Å². The van der Waals surface area contributed by atoms with E-state index in [0.717, 1.165) is 27.4 Å². The Labute approximate surface area is 145 Å². The van der Waals surface area contributed by atoms with Crippen LogP contribution in [-0.2, 0) is 14.8 Å². The molecular weight excluding hydrogens is 326 g/mol. The minimum atomic E-state index is -3.60. The molecule has 0 aliphatic carbocycles. The third kappa shape index (κ3) is 5.33. The zero-order chi connectivity index (χ0) is 18.7. The summed E-state index contributed by atoms with van der Waals surface area (Å²) >= 11 is 0. The molecule has 1 amide bonds. The van der Waals surface area contributed by atoms with E-state index in [9.17, 15) is 13.2 Å². The summed E-state index contributed by atoms with van der Waals surface area (Å²) in [7, 11) is -3.60. The number of carbonyl (C=O) groups excluding carboxylic acids is 1. The third-order valence-corrected chi connectivity index (χ3v) is 4.92. The van der Waals surface area contributed by atoms with Crippen LogP contribution in [0.2, 0.25) is 0 Å². The minimum Gasteiger partial charge on any atom is -0.271 e. The van der Waals surface area contributed by atoms with E-state index in [1.54, 1.807) is 0 Å². The Hall–Kier alpha value is -1.89. The molecule has 0 saturated carbocycles. The normalized spacial score (nSPS) is 12.9. The number of amides is 1. The van der Waals surface area contributed by atoms with E-state index in [1.165, 1.54) is 0 Å². The lowest BCUT2D eigenvalue weighted by Gasteiger charge is -2.25. The molecule has 0 saturated heterocycles. The summed E-state index contributed by atoms with van der Waals surface area (Å²) in [6.07, 6.45) is 1.09. The van der Waals surface area contributed by atoms with Crippen molar-refractivity contribution in [3.63, 3.8) is 0 Å². The number of para-hydroxylation sites is 1. The summed E-state index contributed by atoms with van der Waals surface area (Å²) in [6, 6.07) is 5.49. The lowest BCUT2D eigenvalue weighted by atomic mass is 9.91. The molecule has 7 heteroatoms. The second-order valence-corrected chi connectivity index (χ2v) is 8.90. The van der Waals surface area contributed by atoms with E-state index in [4.69, 9.17) is 0 Å². The van der Waals surface area contributed by atoms with Crippen molar-refractivity contribution in [3.05, 3.63) is 29.3 Å². The van der Waals surface area contributed by atoms with Crippen LogP contribution in [0.15, 0.2) is 23.3 Å². The van der Waals surface area contributed by atoms with Gasteiger partial charge in [0, 0.05) is 11.1 Å². The molecule has 1 aromatic carbocycles. The molecule has 1 aromatic rings. The lowest BCUT2D eigenvalue weighted by molar-refractivity contribution is -0.119. The van der Waals surface area contributed by atoms with Gasteiger partial charge in [-0.3, -0.25) is 9.10 Å². The fourth-order valence-electron chi connectivity index (χ4n) is 2.04. The minimum absolute atomic E-state index is 0.170. The van der Waals surface area contributed by atoms with Gasteiger partial charge < -0.3 is 0 Å². The number of nitrogens with zero attached hydrogens (tertiary/aromatic N) is 2. The maximum absolute atomic E-state index is 12.2. The second-order valence-electron chi connectivity index (χ2n) is 6.99. The van der Waals surface area contributed by atoms with Crippen LogP contribution in [-0.4, -0.2) is 32.8 Å². The summed E-state index contributed by atoms with van der Waals surface area (Å²) in [6.45, 7) is 11.1. The molecule has 0 fully saturated rings. The van der Waals surface area contributed by atoms with Gasteiger partial charge in [-0.15, -0.1) is 0 Å². The molecule has 0 bridgehead atoms. The quantitative estimate of drug-likeness (QED) is 0.653. The average Bonchev–Trinajstić information content (AvgIpc) is 2.41. The van der Waals surface area contributed by atoms with Crippen molar-refractivity contribution < 1.29 is 13.2 Å². The predicted octanol–water partition coefficient (Wildman–Crippen LogP) is 2.61. The number of sulfonamides is 1. The molecule has 134 valence electrons. The van der Waals surface area contributed by atoms with Crippen LogP contribution < -0.4 is 9.73 Å². The van der Waals surface area contributed by atoms with E-state index < -0.39 is 15.9 Å². The average molecular weight is 353 g/mol. The van der Waals surface area contributed by atoms with Crippen molar-refractivity contribution in [2.75, 3.05) is 17.1 Å². The summed E-state index contributed by atoms with van der Waals surface area (Å²) in [5, 5.41) is 4.06. The Morgan fingerprint density at radius 1 is 1.21 bits per heavy atom. The number of hydrazone groups is 1. The molecule has 0 unspecified atom stereocenters. The van der Waals surface area contributed by atoms with E-state index >= 15 is 0 Å². The molecule has 6 nitrogen and oxygen atoms in total. The predicted molar refractivity (Wildman–Crippen MR) is 98.8 cm³/mol. The Kier molecular flexibility index (Phi) is 6.16. The van der Waals surface area contributed by atoms with Crippen LogP contribution in [0.5, 0.6) is 0 Å². The van der Waals surface area contributed by atoms with E-state index in [0.29, 0.717) is 5.69 Å². The highest BCUT2D eigenvalue weighted by Crippen LogP contribution is 2.26. The summed E-state index contributed by atoms with van der Waals surface area (Å²) in [5.74, 6) is -0.480. The summed E-state index contributed by atoms with van der Waals surface area (Å²) in [5.41, 5.74) is 5.15. The third-order valence-electron chi connectivity index (χ3n) is 3.81. The SMILES string of the molecule is C/C(=N/NC(=O)CN(c1c(C)cccc1C)S(C)(=O)=O)C(C)(C)C. The first-order valence-electron chi connectivity index (χ1n) is 7.71. The number of hydrogen-bond donors (Lipinski definition) is 1. The van der Waals surface area contributed by atoms with Gasteiger partial charge in [0.15, 0.2) is 0 Å². The van der Waals surface area contributed by atoms with E-state index in [1.807, 2.05) is 59.7 Å². The molecule has 1 rings (SSSR count). The number of anilines is 1.